The normalized spacial score (nSPS) is 9.40. The molecule has 2 heteroatoms. The molecule has 0 aromatic heterocycles. The van der Waals surface area contributed by atoms with Crippen LogP contribution in [0.5, 0.6) is 0 Å². The molecule has 1 rings (SSSR count). The van der Waals surface area contributed by atoms with Crippen molar-refractivity contribution in [3.05, 3.63) is 24.3 Å². The predicted octanol–water partition coefficient (Wildman–Crippen LogP) is 2.25. The topological polar surface area (TPSA) is 12.0 Å². The second-order valence-corrected chi connectivity index (χ2v) is 2.74. The van der Waals surface area contributed by atoms with Crippen LogP contribution in [-0.4, -0.2) is 13.3 Å². The molecule has 0 amide bonds. The number of benzene rings is 1. The van der Waals surface area contributed by atoms with Crippen LogP contribution in [0.3, 0.4) is 0 Å². The lowest BCUT2D eigenvalue weighted by Gasteiger charge is -1.99. The van der Waals surface area contributed by atoms with Crippen molar-refractivity contribution in [3.63, 3.8) is 0 Å². The summed E-state index contributed by atoms with van der Waals surface area (Å²) < 4.78 is 0. The summed E-state index contributed by atoms with van der Waals surface area (Å²) in [5.74, 6) is 0. The summed E-state index contributed by atoms with van der Waals surface area (Å²) in [6, 6.07) is 9.12. The molecule has 0 saturated carbocycles. The number of nitrogens with one attached hydrogen (secondary N) is 1. The fourth-order valence-electron chi connectivity index (χ4n) is 0.718. The number of thioether (sulfide) groups is 1. The van der Waals surface area contributed by atoms with Crippen LogP contribution in [-0.2, 0) is 0 Å². The second kappa shape index (κ2) is 3.52. The molecule has 0 atom stereocenters. The van der Waals surface area contributed by atoms with Gasteiger partial charge in [-0.25, -0.2) is 0 Å². The highest BCUT2D eigenvalue weighted by Crippen LogP contribution is 2.17. The third kappa shape index (κ3) is 1.67. The summed E-state index contributed by atoms with van der Waals surface area (Å²) in [6.07, 6.45) is 2.05. The fourth-order valence-corrected chi connectivity index (χ4v) is 1.15. The van der Waals surface area contributed by atoms with Gasteiger partial charge < -0.3 is 5.32 Å². The Balaban J connectivity index is 2.87. The first-order valence-corrected chi connectivity index (χ1v) is 4.33. The van der Waals surface area contributed by atoms with E-state index in [0.29, 0.717) is 0 Å². The average molecular weight is 152 g/mol. The van der Waals surface area contributed by atoms with Crippen LogP contribution in [0, 0.1) is 6.07 Å². The van der Waals surface area contributed by atoms with Crippen molar-refractivity contribution < 1.29 is 0 Å². The van der Waals surface area contributed by atoms with E-state index in [9.17, 15) is 0 Å². The maximum atomic E-state index is 3.12. The van der Waals surface area contributed by atoms with Gasteiger partial charge in [-0.05, 0) is 24.5 Å². The van der Waals surface area contributed by atoms with E-state index < -0.39 is 0 Å². The van der Waals surface area contributed by atoms with Crippen molar-refractivity contribution in [2.75, 3.05) is 18.6 Å². The molecule has 0 heterocycles. The lowest BCUT2D eigenvalue weighted by Crippen LogP contribution is -1.86. The van der Waals surface area contributed by atoms with Gasteiger partial charge in [0.05, 0.1) is 0 Å². The van der Waals surface area contributed by atoms with Gasteiger partial charge in [0.2, 0.25) is 0 Å². The summed E-state index contributed by atoms with van der Waals surface area (Å²) in [5.41, 5.74) is 1.14. The van der Waals surface area contributed by atoms with Crippen molar-refractivity contribution >= 4 is 17.4 Å². The van der Waals surface area contributed by atoms with Gasteiger partial charge in [-0.2, -0.15) is 0 Å². The second-order valence-electron chi connectivity index (χ2n) is 1.90. The Hall–Kier alpha value is -0.630. The van der Waals surface area contributed by atoms with E-state index in [2.05, 4.69) is 17.4 Å². The van der Waals surface area contributed by atoms with Gasteiger partial charge in [-0.15, -0.1) is 11.8 Å². The molecule has 0 bridgehead atoms. The van der Waals surface area contributed by atoms with Gasteiger partial charge in [0.15, 0.2) is 0 Å². The van der Waals surface area contributed by atoms with Crippen LogP contribution >= 0.6 is 11.8 Å². The number of hydrogen-bond donors (Lipinski definition) is 1. The maximum absolute atomic E-state index is 3.12. The zero-order chi connectivity index (χ0) is 7.40. The van der Waals surface area contributed by atoms with E-state index >= 15 is 0 Å². The first-order valence-electron chi connectivity index (χ1n) is 3.10. The number of hydrogen-bond acceptors (Lipinski definition) is 2. The minimum absolute atomic E-state index is 1.14. The first-order chi connectivity index (χ1) is 4.86. The lowest BCUT2D eigenvalue weighted by atomic mass is 10.3. The Bertz CT molecular complexity index is 191. The minimum atomic E-state index is 1.14. The molecule has 10 heavy (non-hydrogen) atoms. The molecule has 1 aromatic rings. The van der Waals surface area contributed by atoms with E-state index in [4.69, 9.17) is 0 Å². The first kappa shape index (κ1) is 7.48. The smallest absolute Gasteiger partial charge is 0.0349 e. The molecular formula is C8H10NS. The molecule has 0 aliphatic heterocycles. The van der Waals surface area contributed by atoms with Crippen LogP contribution in [0.25, 0.3) is 0 Å². The Morgan fingerprint density at radius 2 is 2.40 bits per heavy atom. The molecule has 1 nitrogen and oxygen atoms in total. The van der Waals surface area contributed by atoms with Crippen LogP contribution in [0.4, 0.5) is 5.69 Å². The van der Waals surface area contributed by atoms with Crippen LogP contribution in [0.2, 0.25) is 0 Å². The standard InChI is InChI=1S/C8H10NS/c1-9-7-4-3-5-8(6-7)10-2/h3-4,6,9H,1-2H3. The van der Waals surface area contributed by atoms with Gasteiger partial charge in [0.1, 0.15) is 0 Å². The quantitative estimate of drug-likeness (QED) is 0.652. The van der Waals surface area contributed by atoms with Crippen molar-refractivity contribution in [1.29, 1.82) is 0 Å². The van der Waals surface area contributed by atoms with Crippen molar-refractivity contribution in [3.8, 4) is 0 Å². The molecule has 0 aliphatic carbocycles. The highest BCUT2D eigenvalue weighted by molar-refractivity contribution is 7.98. The minimum Gasteiger partial charge on any atom is -0.388 e. The Morgan fingerprint density at radius 3 is 3.00 bits per heavy atom. The van der Waals surface area contributed by atoms with E-state index in [0.717, 1.165) is 5.69 Å². The molecule has 1 radical (unpaired) electrons. The van der Waals surface area contributed by atoms with Crippen molar-refractivity contribution in [1.82, 2.24) is 0 Å². The van der Waals surface area contributed by atoms with Crippen molar-refractivity contribution in [2.24, 2.45) is 0 Å². The highest BCUT2D eigenvalue weighted by atomic mass is 32.2. The maximum Gasteiger partial charge on any atom is 0.0349 e. The molecule has 1 aromatic carbocycles. The summed E-state index contributed by atoms with van der Waals surface area (Å²) in [7, 11) is 1.92. The Morgan fingerprint density at radius 1 is 1.60 bits per heavy atom. The molecular weight excluding hydrogens is 142 g/mol. The summed E-state index contributed by atoms with van der Waals surface area (Å²) >= 11 is 1.70. The van der Waals surface area contributed by atoms with Crippen LogP contribution < -0.4 is 5.32 Å². The molecule has 0 unspecified atom stereocenters. The predicted molar refractivity (Wildman–Crippen MR) is 46.6 cm³/mol. The zero-order valence-electron chi connectivity index (χ0n) is 6.14. The van der Waals surface area contributed by atoms with Gasteiger partial charge in [0, 0.05) is 17.6 Å². The fraction of sp³-hybridized carbons (Fsp3) is 0.250. The number of rotatable bonds is 2. The van der Waals surface area contributed by atoms with Gasteiger partial charge >= 0.3 is 0 Å². The van der Waals surface area contributed by atoms with Crippen LogP contribution in [0.1, 0.15) is 0 Å². The third-order valence-electron chi connectivity index (χ3n) is 1.28. The van der Waals surface area contributed by atoms with E-state index in [1.54, 1.807) is 11.8 Å². The summed E-state index contributed by atoms with van der Waals surface area (Å²) in [4.78, 5) is 1.17. The lowest BCUT2D eigenvalue weighted by molar-refractivity contribution is 1.40. The SMILES string of the molecule is CNc1cc[c]c(SC)c1. The van der Waals surface area contributed by atoms with E-state index in [-0.39, 0.29) is 0 Å². The molecule has 0 saturated heterocycles. The van der Waals surface area contributed by atoms with E-state index in [1.807, 2.05) is 25.4 Å². The monoisotopic (exact) mass is 152 g/mol. The molecule has 0 aliphatic rings. The Labute approximate surface area is 65.8 Å². The molecule has 0 spiro atoms. The molecule has 53 valence electrons. The summed E-state index contributed by atoms with van der Waals surface area (Å²) in [5, 5.41) is 3.07. The van der Waals surface area contributed by atoms with Crippen LogP contribution in [0.15, 0.2) is 23.1 Å². The zero-order valence-corrected chi connectivity index (χ0v) is 6.96. The van der Waals surface area contributed by atoms with Gasteiger partial charge in [-0.1, -0.05) is 6.07 Å². The third-order valence-corrected chi connectivity index (χ3v) is 1.96. The molecule has 0 fully saturated rings. The number of anilines is 1. The highest BCUT2D eigenvalue weighted by Gasteiger charge is 1.90. The average Bonchev–Trinajstić information content (AvgIpc) is 2.05. The summed E-state index contributed by atoms with van der Waals surface area (Å²) in [6.45, 7) is 0. The van der Waals surface area contributed by atoms with Gasteiger partial charge in [-0.3, -0.25) is 0 Å². The van der Waals surface area contributed by atoms with E-state index in [1.165, 1.54) is 4.90 Å². The largest absolute Gasteiger partial charge is 0.388 e. The Kier molecular flexibility index (Phi) is 2.63. The molecule has 1 N–H and O–H groups in total. The van der Waals surface area contributed by atoms with Crippen molar-refractivity contribution in [2.45, 2.75) is 4.90 Å². The van der Waals surface area contributed by atoms with Gasteiger partial charge in [0.25, 0.3) is 0 Å².